The van der Waals surface area contributed by atoms with Crippen molar-refractivity contribution < 1.29 is 10.2 Å². The van der Waals surface area contributed by atoms with Gasteiger partial charge in [0.05, 0.1) is 5.54 Å². The lowest BCUT2D eigenvalue weighted by atomic mass is 9.75. The van der Waals surface area contributed by atoms with Crippen LogP contribution in [0.25, 0.3) is 0 Å². The summed E-state index contributed by atoms with van der Waals surface area (Å²) in [6.07, 6.45) is 4.77. The van der Waals surface area contributed by atoms with Crippen LogP contribution < -0.4 is 0 Å². The molecule has 0 spiro atoms. The number of aliphatic hydroxyl groups excluding tert-OH is 2. The molecule has 0 aliphatic carbocycles. The molecule has 0 aromatic heterocycles. The van der Waals surface area contributed by atoms with E-state index in [1.807, 2.05) is 0 Å². The first-order valence-corrected chi connectivity index (χ1v) is 11.5. The summed E-state index contributed by atoms with van der Waals surface area (Å²) in [5.41, 5.74) is 3.28. The Kier molecular flexibility index (Phi) is 9.29. The standard InChI is InChI=1S/C28H35NO2/c30-23-13-2-1-12-21-29(22-14-24-31)28(25-15-6-3-7-16-25,26-17-8-4-9-18-26)27-19-10-5-11-20-27/h3-11,15-20,30-31H,1-2,12-14,21-24H2. The Bertz CT molecular complexity index is 755. The molecule has 0 saturated carbocycles. The normalized spacial score (nSPS) is 11.7. The van der Waals surface area contributed by atoms with Gasteiger partial charge >= 0.3 is 0 Å². The third kappa shape index (κ3) is 5.62. The lowest BCUT2D eigenvalue weighted by molar-refractivity contribution is 0.137. The van der Waals surface area contributed by atoms with E-state index in [0.717, 1.165) is 45.2 Å². The van der Waals surface area contributed by atoms with Gasteiger partial charge in [-0.1, -0.05) is 104 Å². The molecule has 0 atom stereocenters. The molecule has 3 heteroatoms. The molecule has 0 aliphatic heterocycles. The van der Waals surface area contributed by atoms with Crippen molar-refractivity contribution in [2.45, 2.75) is 37.6 Å². The highest BCUT2D eigenvalue weighted by atomic mass is 16.3. The van der Waals surface area contributed by atoms with Crippen molar-refractivity contribution in [1.29, 1.82) is 0 Å². The molecule has 2 N–H and O–H groups in total. The van der Waals surface area contributed by atoms with Crippen molar-refractivity contribution in [3.05, 3.63) is 108 Å². The number of benzene rings is 3. The van der Waals surface area contributed by atoms with Crippen molar-refractivity contribution >= 4 is 0 Å². The molecule has 0 amide bonds. The van der Waals surface area contributed by atoms with Gasteiger partial charge in [-0.25, -0.2) is 0 Å². The van der Waals surface area contributed by atoms with Crippen LogP contribution in [0.1, 0.15) is 48.8 Å². The zero-order valence-corrected chi connectivity index (χ0v) is 18.4. The van der Waals surface area contributed by atoms with E-state index in [2.05, 4.69) is 95.9 Å². The van der Waals surface area contributed by atoms with Gasteiger partial charge in [0.1, 0.15) is 0 Å². The zero-order valence-electron chi connectivity index (χ0n) is 18.4. The van der Waals surface area contributed by atoms with Crippen LogP contribution in [0, 0.1) is 0 Å². The molecule has 3 rings (SSSR count). The van der Waals surface area contributed by atoms with Crippen LogP contribution in [0.15, 0.2) is 91.0 Å². The van der Waals surface area contributed by atoms with Crippen LogP contribution >= 0.6 is 0 Å². The van der Waals surface area contributed by atoms with Gasteiger partial charge in [-0.3, -0.25) is 4.90 Å². The monoisotopic (exact) mass is 417 g/mol. The second-order valence-corrected chi connectivity index (χ2v) is 8.01. The molecule has 164 valence electrons. The largest absolute Gasteiger partial charge is 0.396 e. The lowest BCUT2D eigenvalue weighted by Crippen LogP contribution is -2.49. The van der Waals surface area contributed by atoms with Crippen molar-refractivity contribution in [2.24, 2.45) is 0 Å². The SMILES string of the molecule is OCCCCCCN(CCCO)C(c1ccccc1)(c1ccccc1)c1ccccc1. The van der Waals surface area contributed by atoms with Crippen LogP contribution in [0.4, 0.5) is 0 Å². The third-order valence-corrected chi connectivity index (χ3v) is 5.97. The number of hydrogen-bond acceptors (Lipinski definition) is 3. The molecule has 0 fully saturated rings. The van der Waals surface area contributed by atoms with Gasteiger partial charge in [-0.2, -0.15) is 0 Å². The zero-order chi connectivity index (χ0) is 21.8. The quantitative estimate of drug-likeness (QED) is 0.296. The first-order valence-electron chi connectivity index (χ1n) is 11.5. The van der Waals surface area contributed by atoms with E-state index >= 15 is 0 Å². The summed E-state index contributed by atoms with van der Waals surface area (Å²) >= 11 is 0. The Labute approximate surface area is 187 Å². The number of nitrogens with zero attached hydrogens (tertiary/aromatic N) is 1. The Morgan fingerprint density at radius 3 is 1.29 bits per heavy atom. The van der Waals surface area contributed by atoms with E-state index in [1.165, 1.54) is 16.7 Å². The first kappa shape index (κ1) is 23.2. The predicted octanol–water partition coefficient (Wildman–Crippen LogP) is 5.22. The Balaban J connectivity index is 2.13. The van der Waals surface area contributed by atoms with Crippen molar-refractivity contribution in [3.8, 4) is 0 Å². The highest BCUT2D eigenvalue weighted by Gasteiger charge is 2.41. The van der Waals surface area contributed by atoms with E-state index < -0.39 is 5.54 Å². The molecule has 0 saturated heterocycles. The summed E-state index contributed by atoms with van der Waals surface area (Å²) in [4.78, 5) is 2.54. The lowest BCUT2D eigenvalue weighted by Gasteiger charge is -2.46. The molecule has 0 heterocycles. The van der Waals surface area contributed by atoms with Crippen LogP contribution in [0.2, 0.25) is 0 Å². The van der Waals surface area contributed by atoms with Gasteiger partial charge in [0, 0.05) is 19.8 Å². The smallest absolute Gasteiger partial charge is 0.0972 e. The van der Waals surface area contributed by atoms with Crippen molar-refractivity contribution in [2.75, 3.05) is 26.3 Å². The molecule has 3 aromatic carbocycles. The maximum atomic E-state index is 9.68. The number of aliphatic hydroxyl groups is 2. The molecule has 0 radical (unpaired) electrons. The Hall–Kier alpha value is -2.46. The van der Waals surface area contributed by atoms with Gasteiger partial charge in [0.15, 0.2) is 0 Å². The summed E-state index contributed by atoms with van der Waals surface area (Å²) in [6.45, 7) is 2.16. The third-order valence-electron chi connectivity index (χ3n) is 5.97. The highest BCUT2D eigenvalue weighted by Crippen LogP contribution is 2.42. The van der Waals surface area contributed by atoms with Gasteiger partial charge in [-0.15, -0.1) is 0 Å². The van der Waals surface area contributed by atoms with Gasteiger partial charge in [-0.05, 0) is 42.5 Å². The summed E-state index contributed by atoms with van der Waals surface area (Å²) in [6, 6.07) is 32.2. The van der Waals surface area contributed by atoms with Crippen LogP contribution in [0.5, 0.6) is 0 Å². The molecular formula is C28H35NO2. The van der Waals surface area contributed by atoms with Crippen LogP contribution in [-0.2, 0) is 5.54 Å². The maximum absolute atomic E-state index is 9.68. The van der Waals surface area contributed by atoms with E-state index in [9.17, 15) is 5.11 Å². The molecular weight excluding hydrogens is 382 g/mol. The average molecular weight is 418 g/mol. The molecule has 0 aliphatic rings. The topological polar surface area (TPSA) is 43.7 Å². The minimum absolute atomic E-state index is 0.176. The summed E-state index contributed by atoms with van der Waals surface area (Å²) in [5.74, 6) is 0. The summed E-state index contributed by atoms with van der Waals surface area (Å²) in [5, 5.41) is 18.8. The van der Waals surface area contributed by atoms with Crippen LogP contribution in [0.3, 0.4) is 0 Å². The first-order chi connectivity index (χ1) is 15.3. The fourth-order valence-electron chi connectivity index (χ4n) is 4.56. The minimum Gasteiger partial charge on any atom is -0.396 e. The van der Waals surface area contributed by atoms with Crippen molar-refractivity contribution in [1.82, 2.24) is 4.90 Å². The fourth-order valence-corrected chi connectivity index (χ4v) is 4.56. The number of unbranched alkanes of at least 4 members (excludes halogenated alkanes) is 3. The second kappa shape index (κ2) is 12.4. The van der Waals surface area contributed by atoms with E-state index in [4.69, 9.17) is 5.11 Å². The number of rotatable bonds is 13. The number of hydrogen-bond donors (Lipinski definition) is 2. The molecule has 3 aromatic rings. The van der Waals surface area contributed by atoms with Gasteiger partial charge in [0.2, 0.25) is 0 Å². The molecule has 0 unspecified atom stereocenters. The molecule has 0 bridgehead atoms. The average Bonchev–Trinajstić information content (AvgIpc) is 2.84. The van der Waals surface area contributed by atoms with Crippen molar-refractivity contribution in [3.63, 3.8) is 0 Å². The Morgan fingerprint density at radius 1 is 0.484 bits per heavy atom. The van der Waals surface area contributed by atoms with E-state index in [-0.39, 0.29) is 13.2 Å². The summed E-state index contributed by atoms with van der Waals surface area (Å²) < 4.78 is 0. The summed E-state index contributed by atoms with van der Waals surface area (Å²) in [7, 11) is 0. The Morgan fingerprint density at radius 2 is 0.871 bits per heavy atom. The van der Waals surface area contributed by atoms with Gasteiger partial charge < -0.3 is 10.2 Å². The molecule has 3 nitrogen and oxygen atoms in total. The fraction of sp³-hybridized carbons (Fsp3) is 0.357. The van der Waals surface area contributed by atoms with E-state index in [1.54, 1.807) is 0 Å². The van der Waals surface area contributed by atoms with Crippen LogP contribution in [-0.4, -0.2) is 41.4 Å². The molecule has 31 heavy (non-hydrogen) atoms. The predicted molar refractivity (Wildman–Crippen MR) is 128 cm³/mol. The van der Waals surface area contributed by atoms with Gasteiger partial charge in [0.25, 0.3) is 0 Å². The minimum atomic E-state index is -0.435. The highest BCUT2D eigenvalue weighted by molar-refractivity contribution is 5.49. The maximum Gasteiger partial charge on any atom is 0.0972 e. The second-order valence-electron chi connectivity index (χ2n) is 8.01. The van der Waals surface area contributed by atoms with E-state index in [0.29, 0.717) is 0 Å².